The lowest BCUT2D eigenvalue weighted by Gasteiger charge is -2.18. The molecule has 1 aliphatic heterocycles. The normalized spacial score (nSPS) is 18.9. The van der Waals surface area contributed by atoms with E-state index in [2.05, 4.69) is 10.2 Å². The molecule has 1 heterocycles. The molecule has 0 bridgehead atoms. The van der Waals surface area contributed by atoms with Crippen LogP contribution in [0.4, 0.5) is 0 Å². The summed E-state index contributed by atoms with van der Waals surface area (Å²) in [4.78, 5) is 0. The summed E-state index contributed by atoms with van der Waals surface area (Å²) in [6.45, 7) is 2.03. The zero-order valence-corrected chi connectivity index (χ0v) is 10.8. The molecular weight excluding hydrogens is 230 g/mol. The Morgan fingerprint density at radius 2 is 2.00 bits per heavy atom. The van der Waals surface area contributed by atoms with Gasteiger partial charge in [-0.2, -0.15) is 5.10 Å². The van der Waals surface area contributed by atoms with Gasteiger partial charge in [-0.05, 0) is 12.1 Å². The molecule has 18 heavy (non-hydrogen) atoms. The minimum Gasteiger partial charge on any atom is -0.497 e. The molecule has 5 heteroatoms. The van der Waals surface area contributed by atoms with Crippen LogP contribution < -0.4 is 15.2 Å². The van der Waals surface area contributed by atoms with Crippen LogP contribution in [0.3, 0.4) is 0 Å². The average molecular weight is 247 g/mol. The van der Waals surface area contributed by atoms with Crippen molar-refractivity contribution in [3.05, 3.63) is 23.8 Å². The molecule has 0 spiro atoms. The van der Waals surface area contributed by atoms with Gasteiger partial charge in [0, 0.05) is 24.0 Å². The Morgan fingerprint density at radius 1 is 1.22 bits per heavy atom. The highest BCUT2D eigenvalue weighted by Crippen LogP contribution is 2.28. The maximum Gasteiger partial charge on any atom is 0.131 e. The molecule has 2 N–H and O–H groups in total. The van der Waals surface area contributed by atoms with E-state index in [9.17, 15) is 0 Å². The first-order chi connectivity index (χ1) is 8.65. The fourth-order valence-electron chi connectivity index (χ4n) is 1.85. The summed E-state index contributed by atoms with van der Waals surface area (Å²) in [5.41, 5.74) is 7.54. The number of rotatable bonds is 3. The number of hydrogen-bond donors (Lipinski definition) is 1. The van der Waals surface area contributed by atoms with E-state index in [1.54, 1.807) is 14.2 Å². The van der Waals surface area contributed by atoms with Crippen molar-refractivity contribution in [3.8, 4) is 11.5 Å². The van der Waals surface area contributed by atoms with E-state index in [0.29, 0.717) is 5.84 Å². The summed E-state index contributed by atoms with van der Waals surface area (Å²) in [6, 6.07) is 5.65. The molecule has 1 aliphatic rings. The highest BCUT2D eigenvalue weighted by molar-refractivity contribution is 6.06. The number of nitrogens with zero attached hydrogens (tertiary/aromatic N) is 2. The van der Waals surface area contributed by atoms with Crippen molar-refractivity contribution in [2.75, 3.05) is 14.2 Å². The fourth-order valence-corrected chi connectivity index (χ4v) is 1.85. The highest BCUT2D eigenvalue weighted by Gasteiger charge is 2.20. The molecular formula is C13H17N3O2. The molecule has 0 aromatic heterocycles. The summed E-state index contributed by atoms with van der Waals surface area (Å²) < 4.78 is 10.5. The van der Waals surface area contributed by atoms with Crippen molar-refractivity contribution in [2.45, 2.75) is 13.3 Å². The van der Waals surface area contributed by atoms with Gasteiger partial charge in [0.2, 0.25) is 0 Å². The predicted octanol–water partition coefficient (Wildman–Crippen LogP) is 1.80. The largest absolute Gasteiger partial charge is 0.497 e. The van der Waals surface area contributed by atoms with Crippen molar-refractivity contribution in [2.24, 2.45) is 21.9 Å². The number of amidine groups is 1. The monoisotopic (exact) mass is 247 g/mol. The fraction of sp³-hybridized carbons (Fsp3) is 0.385. The third-order valence-corrected chi connectivity index (χ3v) is 3.01. The van der Waals surface area contributed by atoms with Gasteiger partial charge >= 0.3 is 0 Å². The lowest BCUT2D eigenvalue weighted by atomic mass is 9.96. The third kappa shape index (κ3) is 2.30. The molecule has 0 saturated carbocycles. The summed E-state index contributed by atoms with van der Waals surface area (Å²) in [5.74, 6) is 2.26. The van der Waals surface area contributed by atoms with Gasteiger partial charge in [0.15, 0.2) is 0 Å². The molecule has 2 rings (SSSR count). The summed E-state index contributed by atoms with van der Waals surface area (Å²) in [6.07, 6.45) is 0.762. The van der Waals surface area contributed by atoms with E-state index in [0.717, 1.165) is 29.2 Å². The molecule has 0 fully saturated rings. The van der Waals surface area contributed by atoms with Crippen molar-refractivity contribution in [1.82, 2.24) is 0 Å². The average Bonchev–Trinajstić information content (AvgIpc) is 2.41. The third-order valence-electron chi connectivity index (χ3n) is 3.01. The number of methoxy groups -OCH3 is 2. The van der Waals surface area contributed by atoms with Crippen molar-refractivity contribution in [3.63, 3.8) is 0 Å². The molecule has 1 unspecified atom stereocenters. The van der Waals surface area contributed by atoms with Gasteiger partial charge in [-0.15, -0.1) is 5.10 Å². The van der Waals surface area contributed by atoms with Crippen LogP contribution in [-0.4, -0.2) is 25.8 Å². The van der Waals surface area contributed by atoms with Gasteiger partial charge in [-0.1, -0.05) is 6.92 Å². The Kier molecular flexibility index (Phi) is 3.50. The molecule has 0 amide bonds. The molecule has 0 radical (unpaired) electrons. The number of nitrogens with two attached hydrogens (primary N) is 1. The molecule has 1 aromatic carbocycles. The molecule has 0 aliphatic carbocycles. The van der Waals surface area contributed by atoms with Gasteiger partial charge in [-0.3, -0.25) is 0 Å². The van der Waals surface area contributed by atoms with Crippen LogP contribution >= 0.6 is 0 Å². The second-order valence-electron chi connectivity index (χ2n) is 4.24. The first kappa shape index (κ1) is 12.4. The molecule has 96 valence electrons. The Morgan fingerprint density at radius 3 is 2.61 bits per heavy atom. The molecule has 0 saturated heterocycles. The van der Waals surface area contributed by atoms with E-state index in [1.807, 2.05) is 25.1 Å². The molecule has 1 aromatic rings. The topological polar surface area (TPSA) is 69.2 Å². The van der Waals surface area contributed by atoms with Crippen LogP contribution in [0.25, 0.3) is 0 Å². The summed E-state index contributed by atoms with van der Waals surface area (Å²) in [7, 11) is 3.25. The van der Waals surface area contributed by atoms with Crippen LogP contribution in [0.15, 0.2) is 28.4 Å². The van der Waals surface area contributed by atoms with Crippen LogP contribution in [0.5, 0.6) is 11.5 Å². The van der Waals surface area contributed by atoms with E-state index in [4.69, 9.17) is 15.2 Å². The Labute approximate surface area is 106 Å². The second kappa shape index (κ2) is 5.08. The maximum atomic E-state index is 5.73. The van der Waals surface area contributed by atoms with Crippen molar-refractivity contribution in [1.29, 1.82) is 0 Å². The van der Waals surface area contributed by atoms with Crippen molar-refractivity contribution >= 4 is 11.5 Å². The highest BCUT2D eigenvalue weighted by atomic mass is 16.5. The standard InChI is InChI=1S/C13H17N3O2/c1-8-6-11(15-16-13(8)14)10-5-4-9(17-2)7-12(10)18-3/h4-5,7-8H,6H2,1-3H3,(H2,14,16). The minimum atomic E-state index is 0.198. The second-order valence-corrected chi connectivity index (χ2v) is 4.24. The number of benzene rings is 1. The zero-order chi connectivity index (χ0) is 13.1. The van der Waals surface area contributed by atoms with Crippen LogP contribution in [-0.2, 0) is 0 Å². The number of ether oxygens (including phenoxy) is 2. The van der Waals surface area contributed by atoms with Crippen LogP contribution in [0.1, 0.15) is 18.9 Å². The van der Waals surface area contributed by atoms with Crippen LogP contribution in [0.2, 0.25) is 0 Å². The lowest BCUT2D eigenvalue weighted by molar-refractivity contribution is 0.393. The van der Waals surface area contributed by atoms with E-state index in [-0.39, 0.29) is 5.92 Å². The molecule has 5 nitrogen and oxygen atoms in total. The maximum absolute atomic E-state index is 5.73. The predicted molar refractivity (Wildman–Crippen MR) is 71.5 cm³/mol. The SMILES string of the molecule is COc1ccc(C2=NN=C(N)C(C)C2)c(OC)c1. The summed E-state index contributed by atoms with van der Waals surface area (Å²) in [5, 5.41) is 8.14. The number of hydrogen-bond acceptors (Lipinski definition) is 5. The van der Waals surface area contributed by atoms with Gasteiger partial charge in [-0.25, -0.2) is 0 Å². The Bertz CT molecular complexity index is 509. The zero-order valence-electron chi connectivity index (χ0n) is 10.8. The quantitative estimate of drug-likeness (QED) is 0.885. The minimum absolute atomic E-state index is 0.198. The van der Waals surface area contributed by atoms with Gasteiger partial charge in [0.05, 0.1) is 19.9 Å². The van der Waals surface area contributed by atoms with Gasteiger partial charge < -0.3 is 15.2 Å². The van der Waals surface area contributed by atoms with E-state index < -0.39 is 0 Å². The van der Waals surface area contributed by atoms with Crippen LogP contribution in [0, 0.1) is 5.92 Å². The first-order valence-electron chi connectivity index (χ1n) is 5.78. The first-order valence-corrected chi connectivity index (χ1v) is 5.78. The van der Waals surface area contributed by atoms with Gasteiger partial charge in [0.25, 0.3) is 0 Å². The lowest BCUT2D eigenvalue weighted by Crippen LogP contribution is -2.27. The molecule has 1 atom stereocenters. The van der Waals surface area contributed by atoms with Crippen molar-refractivity contribution < 1.29 is 9.47 Å². The van der Waals surface area contributed by atoms with Gasteiger partial charge in [0.1, 0.15) is 17.3 Å². The Hall–Kier alpha value is -2.04. The Balaban J connectivity index is 2.40. The van der Waals surface area contributed by atoms with E-state index >= 15 is 0 Å². The smallest absolute Gasteiger partial charge is 0.131 e. The van der Waals surface area contributed by atoms with E-state index in [1.165, 1.54) is 0 Å². The summed E-state index contributed by atoms with van der Waals surface area (Å²) >= 11 is 0.